The summed E-state index contributed by atoms with van der Waals surface area (Å²) < 4.78 is 0. The fourth-order valence-corrected chi connectivity index (χ4v) is 3.53. The Labute approximate surface area is 176 Å². The number of benzene rings is 3. The molecule has 0 aliphatic carbocycles. The maximum Gasteiger partial charge on any atom is 0.0793 e. The molecule has 4 rings (SSSR count). The molecule has 1 aromatic heterocycles. The number of halogens is 1. The minimum Gasteiger partial charge on any atom is -0.388 e. The van der Waals surface area contributed by atoms with E-state index in [-0.39, 0.29) is 0 Å². The van der Waals surface area contributed by atoms with Crippen molar-refractivity contribution < 1.29 is 5.11 Å². The van der Waals surface area contributed by atoms with Crippen LogP contribution in [0, 0.1) is 0 Å². The maximum atomic E-state index is 10.6. The SMILES string of the molecule is O[C@@H](CCc1ccccc1)c1cccc(/C=C/c2ccc3ccc(Cl)cc3n2)c1. The molecule has 1 atom stereocenters. The number of fused-ring (bicyclic) bond motifs is 1. The molecule has 29 heavy (non-hydrogen) atoms. The van der Waals surface area contributed by atoms with Crippen LogP contribution in [0.2, 0.25) is 5.02 Å². The van der Waals surface area contributed by atoms with Gasteiger partial charge in [0.2, 0.25) is 0 Å². The molecule has 4 aromatic rings. The first-order chi connectivity index (χ1) is 14.2. The third kappa shape index (κ3) is 5.11. The molecular formula is C26H22ClNO. The van der Waals surface area contributed by atoms with E-state index < -0.39 is 6.10 Å². The molecule has 0 aliphatic rings. The van der Waals surface area contributed by atoms with E-state index in [0.29, 0.717) is 11.4 Å². The normalized spacial score (nSPS) is 12.5. The number of hydrogen-bond acceptors (Lipinski definition) is 2. The molecule has 2 nitrogen and oxygen atoms in total. The van der Waals surface area contributed by atoms with E-state index in [1.165, 1.54) is 5.56 Å². The Morgan fingerprint density at radius 2 is 1.69 bits per heavy atom. The van der Waals surface area contributed by atoms with Gasteiger partial charge in [-0.05, 0) is 59.9 Å². The van der Waals surface area contributed by atoms with Gasteiger partial charge >= 0.3 is 0 Å². The summed E-state index contributed by atoms with van der Waals surface area (Å²) in [7, 11) is 0. The van der Waals surface area contributed by atoms with Crippen LogP contribution in [0.3, 0.4) is 0 Å². The fourth-order valence-electron chi connectivity index (χ4n) is 3.37. The van der Waals surface area contributed by atoms with Gasteiger partial charge in [0.05, 0.1) is 17.3 Å². The summed E-state index contributed by atoms with van der Waals surface area (Å²) in [6.07, 6.45) is 5.07. The fraction of sp³-hybridized carbons (Fsp3) is 0.115. The van der Waals surface area contributed by atoms with E-state index in [4.69, 9.17) is 11.6 Å². The van der Waals surface area contributed by atoms with E-state index in [1.54, 1.807) is 0 Å². The topological polar surface area (TPSA) is 33.1 Å². The second-order valence-electron chi connectivity index (χ2n) is 7.12. The first-order valence-electron chi connectivity index (χ1n) is 9.74. The lowest BCUT2D eigenvalue weighted by Gasteiger charge is -2.11. The summed E-state index contributed by atoms with van der Waals surface area (Å²) in [5, 5.41) is 12.3. The van der Waals surface area contributed by atoms with Gasteiger partial charge in [0.1, 0.15) is 0 Å². The molecule has 0 saturated carbocycles. The molecule has 0 amide bonds. The Morgan fingerprint density at radius 3 is 2.55 bits per heavy atom. The maximum absolute atomic E-state index is 10.6. The van der Waals surface area contributed by atoms with Crippen LogP contribution in [0.15, 0.2) is 84.9 Å². The zero-order valence-corrected chi connectivity index (χ0v) is 16.8. The highest BCUT2D eigenvalue weighted by Crippen LogP contribution is 2.22. The molecule has 0 saturated heterocycles. The van der Waals surface area contributed by atoms with Gasteiger partial charge in [-0.3, -0.25) is 0 Å². The minimum atomic E-state index is -0.482. The Kier molecular flexibility index (Phi) is 6.04. The van der Waals surface area contributed by atoms with Crippen LogP contribution in [-0.4, -0.2) is 10.1 Å². The lowest BCUT2D eigenvalue weighted by atomic mass is 9.99. The number of aromatic nitrogens is 1. The van der Waals surface area contributed by atoms with Gasteiger partial charge in [-0.15, -0.1) is 0 Å². The van der Waals surface area contributed by atoms with E-state index in [1.807, 2.05) is 84.9 Å². The van der Waals surface area contributed by atoms with Gasteiger partial charge in [-0.2, -0.15) is 0 Å². The Balaban J connectivity index is 1.46. The average molecular weight is 400 g/mol. The van der Waals surface area contributed by atoms with Crippen LogP contribution in [0.5, 0.6) is 0 Å². The molecule has 144 valence electrons. The summed E-state index contributed by atoms with van der Waals surface area (Å²) in [4.78, 5) is 4.65. The van der Waals surface area contributed by atoms with Crippen LogP contribution < -0.4 is 0 Å². The summed E-state index contributed by atoms with van der Waals surface area (Å²) in [5.74, 6) is 0. The Morgan fingerprint density at radius 1 is 0.862 bits per heavy atom. The number of aliphatic hydroxyl groups is 1. The van der Waals surface area contributed by atoms with Gasteiger partial charge in [0, 0.05) is 10.4 Å². The van der Waals surface area contributed by atoms with Crippen molar-refractivity contribution in [1.82, 2.24) is 4.98 Å². The van der Waals surface area contributed by atoms with Crippen molar-refractivity contribution in [3.8, 4) is 0 Å². The van der Waals surface area contributed by atoms with Crippen molar-refractivity contribution in [2.75, 3.05) is 0 Å². The Bertz CT molecular complexity index is 1140. The molecule has 0 unspecified atom stereocenters. The van der Waals surface area contributed by atoms with E-state index in [2.05, 4.69) is 17.1 Å². The quantitative estimate of drug-likeness (QED) is 0.390. The third-order valence-corrected chi connectivity index (χ3v) is 5.20. The molecule has 0 bridgehead atoms. The van der Waals surface area contributed by atoms with Gasteiger partial charge in [0.15, 0.2) is 0 Å². The molecule has 1 N–H and O–H groups in total. The number of pyridine rings is 1. The van der Waals surface area contributed by atoms with Crippen molar-refractivity contribution in [3.05, 3.63) is 112 Å². The summed E-state index contributed by atoms with van der Waals surface area (Å²) in [6, 6.07) is 28.0. The number of hydrogen-bond donors (Lipinski definition) is 1. The van der Waals surface area contributed by atoms with E-state index in [0.717, 1.165) is 34.1 Å². The van der Waals surface area contributed by atoms with Crippen molar-refractivity contribution in [2.45, 2.75) is 18.9 Å². The van der Waals surface area contributed by atoms with Crippen LogP contribution >= 0.6 is 11.6 Å². The number of aryl methyl sites for hydroxylation is 1. The summed E-state index contributed by atoms with van der Waals surface area (Å²) in [5.41, 5.74) is 4.96. The number of rotatable bonds is 6. The highest BCUT2D eigenvalue weighted by molar-refractivity contribution is 6.31. The predicted molar refractivity (Wildman–Crippen MR) is 122 cm³/mol. The largest absolute Gasteiger partial charge is 0.388 e. The average Bonchev–Trinajstić information content (AvgIpc) is 2.76. The molecule has 0 aliphatic heterocycles. The predicted octanol–water partition coefficient (Wildman–Crippen LogP) is 6.72. The monoisotopic (exact) mass is 399 g/mol. The molecule has 0 fully saturated rings. The number of aliphatic hydroxyl groups excluding tert-OH is 1. The van der Waals surface area contributed by atoms with Crippen LogP contribution in [0.4, 0.5) is 0 Å². The van der Waals surface area contributed by atoms with Gasteiger partial charge in [0.25, 0.3) is 0 Å². The smallest absolute Gasteiger partial charge is 0.0793 e. The van der Waals surface area contributed by atoms with Crippen LogP contribution in [0.25, 0.3) is 23.1 Å². The highest BCUT2D eigenvalue weighted by Gasteiger charge is 2.08. The third-order valence-electron chi connectivity index (χ3n) is 4.97. The second-order valence-corrected chi connectivity index (χ2v) is 7.55. The minimum absolute atomic E-state index is 0.482. The Hall–Kier alpha value is -2.94. The van der Waals surface area contributed by atoms with E-state index in [9.17, 15) is 5.11 Å². The van der Waals surface area contributed by atoms with Crippen molar-refractivity contribution in [1.29, 1.82) is 0 Å². The lowest BCUT2D eigenvalue weighted by molar-refractivity contribution is 0.168. The molecule has 3 heteroatoms. The first kappa shape index (κ1) is 19.4. The van der Waals surface area contributed by atoms with Crippen LogP contribution in [0.1, 0.15) is 34.9 Å². The molecule has 1 heterocycles. The summed E-state index contributed by atoms with van der Waals surface area (Å²) >= 11 is 6.07. The number of nitrogens with zero attached hydrogens (tertiary/aromatic N) is 1. The van der Waals surface area contributed by atoms with E-state index >= 15 is 0 Å². The van der Waals surface area contributed by atoms with Crippen molar-refractivity contribution >= 4 is 34.7 Å². The highest BCUT2D eigenvalue weighted by atomic mass is 35.5. The molecule has 0 radical (unpaired) electrons. The first-order valence-corrected chi connectivity index (χ1v) is 10.1. The summed E-state index contributed by atoms with van der Waals surface area (Å²) in [6.45, 7) is 0. The van der Waals surface area contributed by atoms with Gasteiger partial charge in [-0.25, -0.2) is 4.98 Å². The van der Waals surface area contributed by atoms with Gasteiger partial charge < -0.3 is 5.11 Å². The second kappa shape index (κ2) is 9.04. The van der Waals surface area contributed by atoms with Gasteiger partial charge in [-0.1, -0.05) is 78.3 Å². The van der Waals surface area contributed by atoms with Crippen LogP contribution in [-0.2, 0) is 6.42 Å². The molecule has 3 aromatic carbocycles. The molecular weight excluding hydrogens is 378 g/mol. The zero-order valence-electron chi connectivity index (χ0n) is 16.0. The van der Waals surface area contributed by atoms with Crippen molar-refractivity contribution in [2.24, 2.45) is 0 Å². The standard InChI is InChI=1S/C26H22ClNO/c27-23-13-11-21-12-15-24(28-25(21)18-23)14-9-20-7-4-8-22(17-20)26(29)16-10-19-5-2-1-3-6-19/h1-9,11-15,17-18,26,29H,10,16H2/b14-9+/t26-/m0/s1. The zero-order chi connectivity index (χ0) is 20.1. The van der Waals surface area contributed by atoms with Crippen molar-refractivity contribution in [3.63, 3.8) is 0 Å². The lowest BCUT2D eigenvalue weighted by Crippen LogP contribution is -2.00. The molecule has 0 spiro atoms.